The largest absolute Gasteiger partial charge is 0.268 e. The Balaban J connectivity index is 2.32. The SMILES string of the molecule is NS(=O)(=O)c1ccc(Cn2cccn2)cc1Br. The number of hydrogen-bond acceptors (Lipinski definition) is 3. The molecule has 0 saturated heterocycles. The molecule has 7 heteroatoms. The normalized spacial score (nSPS) is 11.6. The summed E-state index contributed by atoms with van der Waals surface area (Å²) in [6.07, 6.45) is 3.52. The zero-order chi connectivity index (χ0) is 12.5. The van der Waals surface area contributed by atoms with Gasteiger partial charge in [-0.2, -0.15) is 5.10 Å². The molecule has 0 fully saturated rings. The maximum Gasteiger partial charge on any atom is 0.239 e. The fraction of sp³-hybridized carbons (Fsp3) is 0.100. The molecule has 2 aromatic rings. The molecule has 90 valence electrons. The third-order valence-electron chi connectivity index (χ3n) is 2.21. The van der Waals surface area contributed by atoms with Gasteiger partial charge in [0.2, 0.25) is 10.0 Å². The van der Waals surface area contributed by atoms with Crippen LogP contribution in [0.2, 0.25) is 0 Å². The number of nitrogens with zero attached hydrogens (tertiary/aromatic N) is 2. The summed E-state index contributed by atoms with van der Waals surface area (Å²) in [4.78, 5) is 0.0849. The lowest BCUT2D eigenvalue weighted by Gasteiger charge is -2.06. The first-order valence-corrected chi connectivity index (χ1v) is 7.09. The second kappa shape index (κ2) is 4.59. The van der Waals surface area contributed by atoms with Crippen molar-refractivity contribution in [3.8, 4) is 0 Å². The van der Waals surface area contributed by atoms with E-state index >= 15 is 0 Å². The van der Waals surface area contributed by atoms with Crippen molar-refractivity contribution in [2.24, 2.45) is 5.14 Å². The molecule has 0 spiro atoms. The van der Waals surface area contributed by atoms with Crippen LogP contribution in [0.1, 0.15) is 5.56 Å². The molecule has 0 aliphatic carbocycles. The van der Waals surface area contributed by atoms with E-state index in [2.05, 4.69) is 21.0 Å². The molecule has 0 unspecified atom stereocenters. The Bertz CT molecular complexity index is 623. The Labute approximate surface area is 107 Å². The number of nitrogens with two attached hydrogens (primary N) is 1. The van der Waals surface area contributed by atoms with Crippen LogP contribution in [0.15, 0.2) is 46.0 Å². The first-order chi connectivity index (χ1) is 7.97. The number of primary sulfonamides is 1. The van der Waals surface area contributed by atoms with E-state index in [1.807, 2.05) is 12.3 Å². The van der Waals surface area contributed by atoms with Crippen LogP contribution in [0.5, 0.6) is 0 Å². The summed E-state index contributed by atoms with van der Waals surface area (Å²) in [5.74, 6) is 0. The summed E-state index contributed by atoms with van der Waals surface area (Å²) in [7, 11) is -3.68. The summed E-state index contributed by atoms with van der Waals surface area (Å²) in [5.41, 5.74) is 0.938. The van der Waals surface area contributed by atoms with Gasteiger partial charge in [-0.3, -0.25) is 4.68 Å². The van der Waals surface area contributed by atoms with Gasteiger partial charge < -0.3 is 0 Å². The third kappa shape index (κ3) is 2.93. The summed E-state index contributed by atoms with van der Waals surface area (Å²) < 4.78 is 24.6. The molecular weight excluding hydrogens is 306 g/mol. The molecule has 0 saturated carbocycles. The molecule has 1 aromatic heterocycles. The number of rotatable bonds is 3. The van der Waals surface area contributed by atoms with Gasteiger partial charge in [-0.1, -0.05) is 6.07 Å². The van der Waals surface area contributed by atoms with Crippen molar-refractivity contribution >= 4 is 26.0 Å². The highest BCUT2D eigenvalue weighted by Crippen LogP contribution is 2.22. The first-order valence-electron chi connectivity index (χ1n) is 4.75. The zero-order valence-corrected chi connectivity index (χ0v) is 11.1. The van der Waals surface area contributed by atoms with E-state index in [1.54, 1.807) is 23.0 Å². The predicted octanol–water partition coefficient (Wildman–Crippen LogP) is 1.34. The molecule has 0 radical (unpaired) electrons. The van der Waals surface area contributed by atoms with Gasteiger partial charge >= 0.3 is 0 Å². The Morgan fingerprint density at radius 2 is 2.18 bits per heavy atom. The zero-order valence-electron chi connectivity index (χ0n) is 8.75. The lowest BCUT2D eigenvalue weighted by molar-refractivity contribution is 0.597. The highest BCUT2D eigenvalue weighted by atomic mass is 79.9. The standard InChI is InChI=1S/C10H10BrN3O2S/c11-9-6-8(7-14-5-1-4-13-14)2-3-10(9)17(12,15)16/h1-6H,7H2,(H2,12,15,16). The topological polar surface area (TPSA) is 78.0 Å². The smallest absolute Gasteiger partial charge is 0.239 e. The Morgan fingerprint density at radius 3 is 2.71 bits per heavy atom. The van der Waals surface area contributed by atoms with Crippen molar-refractivity contribution in [1.82, 2.24) is 9.78 Å². The fourth-order valence-electron chi connectivity index (χ4n) is 1.45. The molecule has 0 aliphatic heterocycles. The van der Waals surface area contributed by atoms with Crippen LogP contribution >= 0.6 is 15.9 Å². The summed E-state index contributed by atoms with van der Waals surface area (Å²) in [5, 5.41) is 9.14. The predicted molar refractivity (Wildman–Crippen MR) is 66.8 cm³/mol. The van der Waals surface area contributed by atoms with E-state index in [9.17, 15) is 8.42 Å². The van der Waals surface area contributed by atoms with Gasteiger partial charge in [0.15, 0.2) is 0 Å². The maximum atomic E-state index is 11.2. The molecule has 5 nitrogen and oxygen atoms in total. The van der Waals surface area contributed by atoms with Crippen molar-refractivity contribution in [2.75, 3.05) is 0 Å². The third-order valence-corrected chi connectivity index (χ3v) is 4.09. The van der Waals surface area contributed by atoms with Crippen molar-refractivity contribution in [3.05, 3.63) is 46.7 Å². The molecule has 1 heterocycles. The van der Waals surface area contributed by atoms with E-state index < -0.39 is 10.0 Å². The van der Waals surface area contributed by atoms with Crippen molar-refractivity contribution in [3.63, 3.8) is 0 Å². The monoisotopic (exact) mass is 315 g/mol. The van der Waals surface area contributed by atoms with Crippen LogP contribution in [0, 0.1) is 0 Å². The minimum atomic E-state index is -3.68. The quantitative estimate of drug-likeness (QED) is 0.928. The van der Waals surface area contributed by atoms with E-state index in [0.717, 1.165) is 5.56 Å². The molecule has 17 heavy (non-hydrogen) atoms. The minimum absolute atomic E-state index is 0.0849. The molecular formula is C10H10BrN3O2S. The summed E-state index contributed by atoms with van der Waals surface area (Å²) in [6, 6.07) is 6.75. The van der Waals surface area contributed by atoms with Crippen LogP contribution in [0.25, 0.3) is 0 Å². The van der Waals surface area contributed by atoms with Gasteiger partial charge in [0.25, 0.3) is 0 Å². The van der Waals surface area contributed by atoms with Crippen LogP contribution in [-0.2, 0) is 16.6 Å². The number of halogens is 1. The number of benzene rings is 1. The van der Waals surface area contributed by atoms with Crippen molar-refractivity contribution in [1.29, 1.82) is 0 Å². The van der Waals surface area contributed by atoms with Gasteiger partial charge in [0.1, 0.15) is 0 Å². The molecule has 2 N–H and O–H groups in total. The molecule has 0 bridgehead atoms. The Kier molecular flexibility index (Phi) is 3.32. The van der Waals surface area contributed by atoms with Crippen LogP contribution in [0.4, 0.5) is 0 Å². The lowest BCUT2D eigenvalue weighted by atomic mass is 10.2. The fourth-order valence-corrected chi connectivity index (χ4v) is 3.15. The summed E-state index contributed by atoms with van der Waals surface area (Å²) >= 11 is 3.20. The van der Waals surface area contributed by atoms with Crippen molar-refractivity contribution in [2.45, 2.75) is 11.4 Å². The number of hydrogen-bond donors (Lipinski definition) is 1. The van der Waals surface area contributed by atoms with E-state index in [0.29, 0.717) is 11.0 Å². The van der Waals surface area contributed by atoms with Crippen LogP contribution in [-0.4, -0.2) is 18.2 Å². The first kappa shape index (κ1) is 12.3. The molecule has 0 aliphatic rings. The molecule has 0 amide bonds. The van der Waals surface area contributed by atoms with Gasteiger partial charge in [-0.15, -0.1) is 0 Å². The summed E-state index contributed by atoms with van der Waals surface area (Å²) in [6.45, 7) is 0.580. The minimum Gasteiger partial charge on any atom is -0.268 e. The van der Waals surface area contributed by atoms with Crippen LogP contribution in [0.3, 0.4) is 0 Å². The van der Waals surface area contributed by atoms with Crippen LogP contribution < -0.4 is 5.14 Å². The highest BCUT2D eigenvalue weighted by molar-refractivity contribution is 9.10. The maximum absolute atomic E-state index is 11.2. The highest BCUT2D eigenvalue weighted by Gasteiger charge is 2.12. The van der Waals surface area contributed by atoms with E-state index in [1.165, 1.54) is 6.07 Å². The van der Waals surface area contributed by atoms with E-state index in [-0.39, 0.29) is 4.90 Å². The number of aromatic nitrogens is 2. The molecule has 0 atom stereocenters. The average molecular weight is 316 g/mol. The average Bonchev–Trinajstić information content (AvgIpc) is 2.68. The van der Waals surface area contributed by atoms with E-state index in [4.69, 9.17) is 5.14 Å². The molecule has 1 aromatic carbocycles. The van der Waals surface area contributed by atoms with Gasteiger partial charge in [0, 0.05) is 16.9 Å². The van der Waals surface area contributed by atoms with Gasteiger partial charge in [0.05, 0.1) is 11.4 Å². The second-order valence-electron chi connectivity index (χ2n) is 3.51. The Hall–Kier alpha value is -1.18. The van der Waals surface area contributed by atoms with Gasteiger partial charge in [-0.25, -0.2) is 13.6 Å². The second-order valence-corrected chi connectivity index (χ2v) is 5.90. The Morgan fingerprint density at radius 1 is 1.41 bits per heavy atom. The molecule has 2 rings (SSSR count). The lowest BCUT2D eigenvalue weighted by Crippen LogP contribution is -2.13. The number of sulfonamides is 1. The van der Waals surface area contributed by atoms with Crippen molar-refractivity contribution < 1.29 is 8.42 Å². The van der Waals surface area contributed by atoms with Gasteiger partial charge in [-0.05, 0) is 39.7 Å².